The molecule has 0 amide bonds. The summed E-state index contributed by atoms with van der Waals surface area (Å²) in [4.78, 5) is 11.2. The first-order valence-corrected chi connectivity index (χ1v) is 4.43. The van der Waals surface area contributed by atoms with Crippen molar-refractivity contribution in [1.29, 1.82) is 0 Å². The third-order valence-electron chi connectivity index (χ3n) is 1.36. The van der Waals surface area contributed by atoms with E-state index in [-0.39, 0.29) is 5.97 Å². The van der Waals surface area contributed by atoms with Crippen LogP contribution in [0.4, 0.5) is 0 Å². The summed E-state index contributed by atoms with van der Waals surface area (Å²) in [6.45, 7) is 7.80. The van der Waals surface area contributed by atoms with E-state index in [0.717, 1.165) is 0 Å². The van der Waals surface area contributed by atoms with Crippen LogP contribution in [0.1, 0.15) is 27.7 Å². The molecule has 0 saturated carbocycles. The summed E-state index contributed by atoms with van der Waals surface area (Å²) in [5.74, 6) is -0.169. The fourth-order valence-electron chi connectivity index (χ4n) is 0.586. The Bertz CT molecular complexity index is 207. The minimum absolute atomic E-state index is 0.169. The summed E-state index contributed by atoms with van der Waals surface area (Å²) in [7, 11) is 0. The Balaban J connectivity index is 3.72. The molecule has 0 aliphatic carbocycles. The second-order valence-corrected chi connectivity index (χ2v) is 3.80. The van der Waals surface area contributed by atoms with Crippen LogP contribution in [0, 0.1) is 5.41 Å². The van der Waals surface area contributed by atoms with E-state index in [0.29, 0.717) is 6.61 Å². The summed E-state index contributed by atoms with van der Waals surface area (Å²) in [5.41, 5.74) is -0.408. The van der Waals surface area contributed by atoms with Crippen molar-refractivity contribution in [3.8, 4) is 0 Å². The zero-order valence-electron chi connectivity index (χ0n) is 8.83. The van der Waals surface area contributed by atoms with Crippen LogP contribution in [0.25, 0.3) is 0 Å². The summed E-state index contributed by atoms with van der Waals surface area (Å²) in [5, 5.41) is 0. The predicted molar refractivity (Wildman–Crippen MR) is 54.4 cm³/mol. The maximum Gasteiger partial charge on any atom is 0.311 e. The van der Waals surface area contributed by atoms with Gasteiger partial charge in [0.1, 0.15) is 6.61 Å². The number of hydrogen-bond acceptors (Lipinski definition) is 2. The van der Waals surface area contributed by atoms with Crippen LogP contribution in [-0.2, 0) is 9.53 Å². The molecule has 0 spiro atoms. The van der Waals surface area contributed by atoms with Gasteiger partial charge < -0.3 is 4.74 Å². The van der Waals surface area contributed by atoms with Crippen LogP contribution >= 0.6 is 0 Å². The third-order valence-corrected chi connectivity index (χ3v) is 1.36. The standard InChI is InChI=1S/C11H18O2/c1-5-6-7-8-9-13-10(12)11(2,3)4/h5-8H,9H2,1-4H3. The molecule has 0 bridgehead atoms. The van der Waals surface area contributed by atoms with Crippen LogP contribution in [0.15, 0.2) is 24.3 Å². The number of rotatable bonds is 3. The number of allylic oxidation sites excluding steroid dienone is 3. The van der Waals surface area contributed by atoms with Crippen molar-refractivity contribution >= 4 is 5.97 Å². The smallest absolute Gasteiger partial charge is 0.311 e. The molecule has 0 rings (SSSR count). The molecular weight excluding hydrogens is 164 g/mol. The van der Waals surface area contributed by atoms with E-state index in [1.807, 2.05) is 52.0 Å². The predicted octanol–water partition coefficient (Wildman–Crippen LogP) is 2.71. The van der Waals surface area contributed by atoms with Crippen molar-refractivity contribution < 1.29 is 9.53 Å². The lowest BCUT2D eigenvalue weighted by Gasteiger charge is -2.15. The Hall–Kier alpha value is -1.05. The van der Waals surface area contributed by atoms with Gasteiger partial charge in [-0.15, -0.1) is 0 Å². The van der Waals surface area contributed by atoms with Crippen LogP contribution in [0.2, 0.25) is 0 Å². The molecule has 0 N–H and O–H groups in total. The van der Waals surface area contributed by atoms with Crippen LogP contribution in [-0.4, -0.2) is 12.6 Å². The molecule has 0 aromatic carbocycles. The summed E-state index contributed by atoms with van der Waals surface area (Å²) in [6, 6.07) is 0. The quantitative estimate of drug-likeness (QED) is 0.495. The van der Waals surface area contributed by atoms with Gasteiger partial charge in [0.25, 0.3) is 0 Å². The van der Waals surface area contributed by atoms with E-state index < -0.39 is 5.41 Å². The van der Waals surface area contributed by atoms with E-state index in [4.69, 9.17) is 4.74 Å². The molecule has 2 heteroatoms. The maximum absolute atomic E-state index is 11.2. The van der Waals surface area contributed by atoms with Crippen LogP contribution in [0.3, 0.4) is 0 Å². The molecule has 13 heavy (non-hydrogen) atoms. The van der Waals surface area contributed by atoms with Crippen LogP contribution < -0.4 is 0 Å². The summed E-state index contributed by atoms with van der Waals surface area (Å²) >= 11 is 0. The molecule has 0 atom stereocenters. The number of carbonyl (C=O) groups is 1. The van der Waals surface area contributed by atoms with Crippen molar-refractivity contribution in [1.82, 2.24) is 0 Å². The van der Waals surface area contributed by atoms with Gasteiger partial charge in [0.15, 0.2) is 0 Å². The number of esters is 1. The molecule has 0 saturated heterocycles. The first-order chi connectivity index (χ1) is 5.98. The second kappa shape index (κ2) is 5.57. The highest BCUT2D eigenvalue weighted by molar-refractivity contribution is 5.75. The Labute approximate surface area is 80.3 Å². The number of ether oxygens (including phenoxy) is 1. The van der Waals surface area contributed by atoms with Gasteiger partial charge in [0, 0.05) is 0 Å². The van der Waals surface area contributed by atoms with Gasteiger partial charge in [0.05, 0.1) is 5.41 Å². The molecule has 0 aromatic heterocycles. The van der Waals surface area contributed by atoms with Crippen molar-refractivity contribution in [2.24, 2.45) is 5.41 Å². The molecule has 0 aromatic rings. The van der Waals surface area contributed by atoms with Gasteiger partial charge >= 0.3 is 5.97 Å². The van der Waals surface area contributed by atoms with Crippen molar-refractivity contribution in [2.75, 3.05) is 6.61 Å². The average molecular weight is 182 g/mol. The van der Waals surface area contributed by atoms with Crippen molar-refractivity contribution in [2.45, 2.75) is 27.7 Å². The molecule has 2 nitrogen and oxygen atoms in total. The van der Waals surface area contributed by atoms with Crippen molar-refractivity contribution in [3.05, 3.63) is 24.3 Å². The topological polar surface area (TPSA) is 26.3 Å². The van der Waals surface area contributed by atoms with Crippen LogP contribution in [0.5, 0.6) is 0 Å². The minimum atomic E-state index is -0.408. The SMILES string of the molecule is CC=CC=CCOC(=O)C(C)(C)C. The van der Waals surface area contributed by atoms with E-state index >= 15 is 0 Å². The highest BCUT2D eigenvalue weighted by Gasteiger charge is 2.22. The monoisotopic (exact) mass is 182 g/mol. The lowest BCUT2D eigenvalue weighted by Crippen LogP contribution is -2.22. The molecule has 0 radical (unpaired) electrons. The Morgan fingerprint density at radius 1 is 1.31 bits per heavy atom. The summed E-state index contributed by atoms with van der Waals surface area (Å²) in [6.07, 6.45) is 7.48. The molecule has 0 aliphatic rings. The lowest BCUT2D eigenvalue weighted by molar-refractivity contribution is -0.151. The third kappa shape index (κ3) is 6.14. The molecule has 0 fully saturated rings. The van der Waals surface area contributed by atoms with E-state index in [2.05, 4.69) is 0 Å². The van der Waals surface area contributed by atoms with Gasteiger partial charge in [-0.1, -0.05) is 18.2 Å². The fraction of sp³-hybridized carbons (Fsp3) is 0.545. The zero-order valence-corrected chi connectivity index (χ0v) is 8.83. The normalized spacial score (nSPS) is 12.6. The number of hydrogen-bond donors (Lipinski definition) is 0. The highest BCUT2D eigenvalue weighted by Crippen LogP contribution is 2.14. The Morgan fingerprint density at radius 2 is 1.92 bits per heavy atom. The molecule has 0 unspecified atom stereocenters. The first-order valence-electron chi connectivity index (χ1n) is 4.43. The second-order valence-electron chi connectivity index (χ2n) is 3.80. The van der Waals surface area contributed by atoms with Gasteiger partial charge in [-0.05, 0) is 33.8 Å². The average Bonchev–Trinajstić information content (AvgIpc) is 2.02. The van der Waals surface area contributed by atoms with E-state index in [9.17, 15) is 4.79 Å². The van der Waals surface area contributed by atoms with E-state index in [1.54, 1.807) is 0 Å². The van der Waals surface area contributed by atoms with Crippen molar-refractivity contribution in [3.63, 3.8) is 0 Å². The maximum atomic E-state index is 11.2. The number of carbonyl (C=O) groups excluding carboxylic acids is 1. The zero-order chi connectivity index (χ0) is 10.3. The summed E-state index contributed by atoms with van der Waals surface area (Å²) < 4.78 is 4.99. The van der Waals surface area contributed by atoms with E-state index in [1.165, 1.54) is 0 Å². The highest BCUT2D eigenvalue weighted by atomic mass is 16.5. The molecule has 74 valence electrons. The van der Waals surface area contributed by atoms with Gasteiger partial charge in [-0.25, -0.2) is 0 Å². The fourth-order valence-corrected chi connectivity index (χ4v) is 0.586. The van der Waals surface area contributed by atoms with Gasteiger partial charge in [-0.2, -0.15) is 0 Å². The Kier molecular flexibility index (Phi) is 5.12. The molecule has 0 heterocycles. The first kappa shape index (κ1) is 11.9. The largest absolute Gasteiger partial charge is 0.461 e. The van der Waals surface area contributed by atoms with Gasteiger partial charge in [-0.3, -0.25) is 4.79 Å². The minimum Gasteiger partial charge on any atom is -0.461 e. The molecule has 0 aliphatic heterocycles. The molecular formula is C11H18O2. The lowest BCUT2D eigenvalue weighted by atomic mass is 9.97. The van der Waals surface area contributed by atoms with Gasteiger partial charge in [0.2, 0.25) is 0 Å². The Morgan fingerprint density at radius 3 is 2.38 bits per heavy atom.